The van der Waals surface area contributed by atoms with Crippen LogP contribution in [0.4, 0.5) is 5.69 Å². The monoisotopic (exact) mass is 343 g/mol. The molecule has 0 unspecified atom stereocenters. The summed E-state index contributed by atoms with van der Waals surface area (Å²) in [5.74, 6) is -1.09. The van der Waals surface area contributed by atoms with Gasteiger partial charge in [0, 0.05) is 16.8 Å². The van der Waals surface area contributed by atoms with E-state index in [-0.39, 0.29) is 5.75 Å². The van der Waals surface area contributed by atoms with E-state index < -0.39 is 21.5 Å². The molecular formula is C17H17N3O3S. The second kappa shape index (κ2) is 6.45. The van der Waals surface area contributed by atoms with E-state index in [2.05, 4.69) is 10.4 Å². The maximum absolute atomic E-state index is 11.8. The van der Waals surface area contributed by atoms with Crippen LogP contribution in [0, 0.1) is 0 Å². The fourth-order valence-electron chi connectivity index (χ4n) is 2.36. The average Bonchev–Trinajstić information content (AvgIpc) is 2.99. The van der Waals surface area contributed by atoms with Crippen LogP contribution in [0.3, 0.4) is 0 Å². The van der Waals surface area contributed by atoms with Crippen molar-refractivity contribution in [2.24, 2.45) is 0 Å². The number of carbonyl (C=O) groups is 1. The van der Waals surface area contributed by atoms with Crippen molar-refractivity contribution in [1.82, 2.24) is 9.78 Å². The van der Waals surface area contributed by atoms with Gasteiger partial charge in [-0.25, -0.2) is 13.1 Å². The molecular weight excluding hydrogens is 326 g/mol. The minimum absolute atomic E-state index is 0.0499. The van der Waals surface area contributed by atoms with Crippen molar-refractivity contribution in [3.8, 4) is 5.69 Å². The van der Waals surface area contributed by atoms with Crippen LogP contribution in [0.5, 0.6) is 0 Å². The van der Waals surface area contributed by atoms with Gasteiger partial charge in [-0.05, 0) is 30.3 Å². The first-order valence-corrected chi connectivity index (χ1v) is 9.34. The molecule has 2 aromatic carbocycles. The molecule has 7 heteroatoms. The van der Waals surface area contributed by atoms with Gasteiger partial charge in [-0.3, -0.25) is 4.79 Å². The molecule has 0 aliphatic rings. The number of nitrogens with zero attached hydrogens (tertiary/aromatic N) is 2. The number of anilines is 1. The number of nitrogens with one attached hydrogen (secondary N) is 1. The Morgan fingerprint density at radius 2 is 1.83 bits per heavy atom. The summed E-state index contributed by atoms with van der Waals surface area (Å²) in [4.78, 5) is 11.8. The summed E-state index contributed by atoms with van der Waals surface area (Å²) < 4.78 is 24.7. The quantitative estimate of drug-likeness (QED) is 0.771. The third-order valence-electron chi connectivity index (χ3n) is 3.66. The van der Waals surface area contributed by atoms with Gasteiger partial charge in [-0.15, -0.1) is 0 Å². The number of amides is 1. The van der Waals surface area contributed by atoms with Crippen LogP contribution in [-0.2, 0) is 14.6 Å². The van der Waals surface area contributed by atoms with E-state index in [1.54, 1.807) is 18.3 Å². The number of rotatable bonds is 5. The number of hydrogen-bond acceptors (Lipinski definition) is 4. The van der Waals surface area contributed by atoms with Crippen LogP contribution in [0.25, 0.3) is 16.6 Å². The fraction of sp³-hybridized carbons (Fsp3) is 0.176. The van der Waals surface area contributed by atoms with Crippen molar-refractivity contribution < 1.29 is 13.2 Å². The summed E-state index contributed by atoms with van der Waals surface area (Å²) in [6.45, 7) is 1.52. The smallest absolute Gasteiger partial charge is 0.239 e. The molecule has 0 bridgehead atoms. The highest BCUT2D eigenvalue weighted by Gasteiger charge is 2.14. The average molecular weight is 343 g/mol. The highest BCUT2D eigenvalue weighted by molar-refractivity contribution is 7.92. The molecule has 24 heavy (non-hydrogen) atoms. The lowest BCUT2D eigenvalue weighted by Crippen LogP contribution is -2.23. The lowest BCUT2D eigenvalue weighted by molar-refractivity contribution is -0.113. The van der Waals surface area contributed by atoms with E-state index in [1.165, 1.54) is 6.92 Å². The van der Waals surface area contributed by atoms with Crippen molar-refractivity contribution in [3.63, 3.8) is 0 Å². The Bertz CT molecular complexity index is 976. The lowest BCUT2D eigenvalue weighted by atomic mass is 10.2. The highest BCUT2D eigenvalue weighted by atomic mass is 32.2. The normalized spacial score (nSPS) is 11.5. The Labute approximate surface area is 140 Å². The molecule has 3 rings (SSSR count). The second-order valence-electron chi connectivity index (χ2n) is 5.39. The Kier molecular flexibility index (Phi) is 4.35. The summed E-state index contributed by atoms with van der Waals surface area (Å²) in [6, 6.07) is 15.0. The predicted molar refractivity (Wildman–Crippen MR) is 94.0 cm³/mol. The van der Waals surface area contributed by atoms with Crippen molar-refractivity contribution in [3.05, 3.63) is 54.7 Å². The van der Waals surface area contributed by atoms with Gasteiger partial charge < -0.3 is 5.32 Å². The van der Waals surface area contributed by atoms with Crippen LogP contribution in [0.15, 0.2) is 54.7 Å². The molecule has 1 N–H and O–H groups in total. The van der Waals surface area contributed by atoms with Gasteiger partial charge in [0.05, 0.1) is 17.4 Å². The van der Waals surface area contributed by atoms with Crippen LogP contribution in [0.2, 0.25) is 0 Å². The molecule has 0 fully saturated rings. The van der Waals surface area contributed by atoms with Crippen LogP contribution in [-0.4, -0.2) is 35.6 Å². The van der Waals surface area contributed by atoms with Crippen molar-refractivity contribution in [2.45, 2.75) is 6.92 Å². The molecule has 124 valence electrons. The Morgan fingerprint density at radius 3 is 2.54 bits per heavy atom. The summed E-state index contributed by atoms with van der Waals surface area (Å²) in [7, 11) is -3.33. The van der Waals surface area contributed by atoms with Crippen molar-refractivity contribution in [2.75, 3.05) is 16.8 Å². The van der Waals surface area contributed by atoms with Gasteiger partial charge in [0.25, 0.3) is 0 Å². The zero-order chi connectivity index (χ0) is 17.2. The zero-order valence-corrected chi connectivity index (χ0v) is 14.0. The van der Waals surface area contributed by atoms with E-state index in [0.717, 1.165) is 16.6 Å². The maximum Gasteiger partial charge on any atom is 0.239 e. The topological polar surface area (TPSA) is 81.1 Å². The van der Waals surface area contributed by atoms with E-state index >= 15 is 0 Å². The van der Waals surface area contributed by atoms with Gasteiger partial charge in [0.2, 0.25) is 5.91 Å². The molecule has 0 saturated heterocycles. The maximum atomic E-state index is 11.8. The minimum Gasteiger partial charge on any atom is -0.325 e. The summed E-state index contributed by atoms with van der Waals surface area (Å²) in [5, 5.41) is 8.00. The number of carbonyl (C=O) groups excluding carboxylic acids is 1. The third-order valence-corrected chi connectivity index (χ3v) is 5.25. The minimum atomic E-state index is -3.33. The van der Waals surface area contributed by atoms with Gasteiger partial charge in [-0.1, -0.05) is 25.1 Å². The largest absolute Gasteiger partial charge is 0.325 e. The zero-order valence-electron chi connectivity index (χ0n) is 13.1. The first kappa shape index (κ1) is 16.2. The van der Waals surface area contributed by atoms with Crippen LogP contribution < -0.4 is 5.32 Å². The summed E-state index contributed by atoms with van der Waals surface area (Å²) in [6.07, 6.45) is 1.79. The molecule has 6 nitrogen and oxygen atoms in total. The molecule has 1 amide bonds. The van der Waals surface area contributed by atoms with E-state index in [0.29, 0.717) is 5.69 Å². The predicted octanol–water partition coefficient (Wildman–Crippen LogP) is 2.40. The SMILES string of the molecule is CCS(=O)(=O)CC(=O)Nc1ccc(-n2ncc3ccccc32)cc1. The number of aromatic nitrogens is 2. The summed E-state index contributed by atoms with van der Waals surface area (Å²) in [5.41, 5.74) is 2.39. The molecule has 0 aliphatic heterocycles. The van der Waals surface area contributed by atoms with E-state index in [9.17, 15) is 13.2 Å². The molecule has 0 atom stereocenters. The Morgan fingerprint density at radius 1 is 1.12 bits per heavy atom. The van der Waals surface area contributed by atoms with Gasteiger partial charge in [-0.2, -0.15) is 5.10 Å². The first-order chi connectivity index (χ1) is 11.5. The first-order valence-electron chi connectivity index (χ1n) is 7.52. The number of sulfone groups is 1. The number of hydrogen-bond donors (Lipinski definition) is 1. The summed E-state index contributed by atoms with van der Waals surface area (Å²) >= 11 is 0. The molecule has 0 saturated carbocycles. The van der Waals surface area contributed by atoms with E-state index in [1.807, 2.05) is 41.1 Å². The van der Waals surface area contributed by atoms with Crippen LogP contribution in [0.1, 0.15) is 6.92 Å². The lowest BCUT2D eigenvalue weighted by Gasteiger charge is -2.07. The number of fused-ring (bicyclic) bond motifs is 1. The second-order valence-corrected chi connectivity index (χ2v) is 7.74. The van der Waals surface area contributed by atoms with Gasteiger partial charge >= 0.3 is 0 Å². The standard InChI is InChI=1S/C17H17N3O3S/c1-2-24(22,23)12-17(21)19-14-7-9-15(10-8-14)20-16-6-4-3-5-13(16)11-18-20/h3-11H,2,12H2,1H3,(H,19,21). The molecule has 0 radical (unpaired) electrons. The van der Waals surface area contributed by atoms with Gasteiger partial charge in [0.15, 0.2) is 9.84 Å². The highest BCUT2D eigenvalue weighted by Crippen LogP contribution is 2.19. The fourth-order valence-corrected chi connectivity index (χ4v) is 3.04. The Balaban J connectivity index is 1.77. The van der Waals surface area contributed by atoms with Crippen molar-refractivity contribution >= 4 is 32.3 Å². The molecule has 0 aliphatic carbocycles. The molecule has 3 aromatic rings. The molecule has 0 spiro atoms. The Hall–Kier alpha value is -2.67. The van der Waals surface area contributed by atoms with Crippen molar-refractivity contribution in [1.29, 1.82) is 0 Å². The third kappa shape index (κ3) is 3.46. The molecule has 1 heterocycles. The van der Waals surface area contributed by atoms with E-state index in [4.69, 9.17) is 0 Å². The molecule has 1 aromatic heterocycles. The number of para-hydroxylation sites is 1. The van der Waals surface area contributed by atoms with Crippen LogP contribution >= 0.6 is 0 Å². The number of benzene rings is 2. The van der Waals surface area contributed by atoms with Gasteiger partial charge in [0.1, 0.15) is 5.75 Å².